The van der Waals surface area contributed by atoms with Gasteiger partial charge < -0.3 is 15.0 Å². The van der Waals surface area contributed by atoms with Crippen LogP contribution in [0.3, 0.4) is 0 Å². The molecule has 1 aliphatic rings. The van der Waals surface area contributed by atoms with Crippen LogP contribution in [-0.2, 0) is 4.79 Å². The van der Waals surface area contributed by atoms with Crippen molar-refractivity contribution < 1.29 is 9.53 Å². The summed E-state index contributed by atoms with van der Waals surface area (Å²) in [6.45, 7) is 8.34. The number of nitrogens with zero attached hydrogens (tertiary/aromatic N) is 4. The van der Waals surface area contributed by atoms with E-state index in [0.29, 0.717) is 6.61 Å². The molecule has 0 atom stereocenters. The first-order valence-electron chi connectivity index (χ1n) is 12.2. The lowest BCUT2D eigenvalue weighted by Gasteiger charge is -2.32. The van der Waals surface area contributed by atoms with E-state index < -0.39 is 0 Å². The third kappa shape index (κ3) is 4.85. The minimum atomic E-state index is -0.0204. The van der Waals surface area contributed by atoms with Crippen molar-refractivity contribution in [1.82, 2.24) is 14.6 Å². The van der Waals surface area contributed by atoms with Crippen LogP contribution in [0.15, 0.2) is 60.9 Å². The third-order valence-electron chi connectivity index (χ3n) is 6.64. The number of amides is 1. The van der Waals surface area contributed by atoms with Crippen molar-refractivity contribution in [2.24, 2.45) is 5.92 Å². The number of carbonyl (C=O) groups is 1. The number of benzene rings is 2. The molecule has 0 bridgehead atoms. The number of aromatic nitrogens is 3. The summed E-state index contributed by atoms with van der Waals surface area (Å²) < 4.78 is 7.38. The van der Waals surface area contributed by atoms with Crippen LogP contribution in [-0.4, -0.2) is 40.2 Å². The number of ether oxygens (including phenoxy) is 1. The summed E-state index contributed by atoms with van der Waals surface area (Å²) in [7, 11) is 0. The first-order valence-corrected chi connectivity index (χ1v) is 12.2. The number of hydrogen-bond donors (Lipinski definition) is 1. The molecule has 2 aromatic carbocycles. The molecule has 0 saturated carbocycles. The van der Waals surface area contributed by atoms with Gasteiger partial charge in [-0.25, -0.2) is 9.50 Å². The van der Waals surface area contributed by atoms with Gasteiger partial charge in [0.15, 0.2) is 5.82 Å². The van der Waals surface area contributed by atoms with Crippen LogP contribution in [0.25, 0.3) is 16.8 Å². The van der Waals surface area contributed by atoms with Crippen molar-refractivity contribution in [1.29, 1.82) is 0 Å². The molecule has 7 nitrogen and oxygen atoms in total. The molecule has 0 spiro atoms. The minimum absolute atomic E-state index is 0.0204. The Hall–Kier alpha value is -3.87. The summed E-state index contributed by atoms with van der Waals surface area (Å²) in [6, 6.07) is 16.1. The van der Waals surface area contributed by atoms with Crippen LogP contribution in [0, 0.1) is 19.8 Å². The van der Waals surface area contributed by atoms with E-state index in [1.165, 1.54) is 11.1 Å². The second-order valence-corrected chi connectivity index (χ2v) is 9.14. The van der Waals surface area contributed by atoms with E-state index in [-0.39, 0.29) is 11.8 Å². The highest BCUT2D eigenvalue weighted by Gasteiger charge is 2.27. The van der Waals surface area contributed by atoms with Crippen molar-refractivity contribution >= 4 is 22.9 Å². The van der Waals surface area contributed by atoms with Gasteiger partial charge in [0.05, 0.1) is 12.3 Å². The maximum absolute atomic E-state index is 12.9. The summed E-state index contributed by atoms with van der Waals surface area (Å²) in [6.07, 6.45) is 5.25. The molecular weight excluding hydrogens is 438 g/mol. The van der Waals surface area contributed by atoms with E-state index in [1.807, 2.05) is 41.9 Å². The van der Waals surface area contributed by atoms with Crippen molar-refractivity contribution in [3.8, 4) is 17.0 Å². The topological polar surface area (TPSA) is 71.8 Å². The Bertz CT molecular complexity index is 1340. The molecule has 1 fully saturated rings. The maximum Gasteiger partial charge on any atom is 0.227 e. The fourth-order valence-electron chi connectivity index (χ4n) is 4.69. The Morgan fingerprint density at radius 3 is 2.60 bits per heavy atom. The average Bonchev–Trinajstić information content (AvgIpc) is 3.31. The Morgan fingerprint density at radius 2 is 1.86 bits per heavy atom. The molecule has 1 aliphatic heterocycles. The predicted molar refractivity (Wildman–Crippen MR) is 139 cm³/mol. The molecule has 35 heavy (non-hydrogen) atoms. The van der Waals surface area contributed by atoms with Gasteiger partial charge in [-0.2, -0.15) is 5.10 Å². The molecule has 5 rings (SSSR count). The molecule has 0 aliphatic carbocycles. The number of piperidine rings is 1. The highest BCUT2D eigenvalue weighted by molar-refractivity contribution is 5.92. The summed E-state index contributed by atoms with van der Waals surface area (Å²) in [5.74, 6) is 1.78. The van der Waals surface area contributed by atoms with E-state index in [1.54, 1.807) is 6.20 Å². The number of fused-ring (bicyclic) bond motifs is 1. The summed E-state index contributed by atoms with van der Waals surface area (Å²) in [4.78, 5) is 19.8. The minimum Gasteiger partial charge on any atom is -0.494 e. The molecule has 3 heterocycles. The number of carbonyl (C=O) groups excluding carboxylic acids is 1. The van der Waals surface area contributed by atoms with Crippen LogP contribution in [0.4, 0.5) is 11.5 Å². The Morgan fingerprint density at radius 1 is 1.09 bits per heavy atom. The number of aryl methyl sites for hydroxylation is 2. The van der Waals surface area contributed by atoms with Crippen LogP contribution < -0.4 is 15.0 Å². The fraction of sp³-hybridized carbons (Fsp3) is 0.321. The summed E-state index contributed by atoms with van der Waals surface area (Å²) in [5.41, 5.74) is 6.29. The van der Waals surface area contributed by atoms with Crippen molar-refractivity contribution in [2.75, 3.05) is 29.9 Å². The van der Waals surface area contributed by atoms with Crippen LogP contribution in [0.5, 0.6) is 5.75 Å². The average molecular weight is 470 g/mol. The lowest BCUT2D eigenvalue weighted by molar-refractivity contribution is -0.120. The van der Waals surface area contributed by atoms with E-state index in [0.717, 1.165) is 60.0 Å². The lowest BCUT2D eigenvalue weighted by Crippen LogP contribution is -2.38. The van der Waals surface area contributed by atoms with E-state index in [9.17, 15) is 4.79 Å². The van der Waals surface area contributed by atoms with Gasteiger partial charge in [-0.3, -0.25) is 4.79 Å². The summed E-state index contributed by atoms with van der Waals surface area (Å²) >= 11 is 0. The quantitative estimate of drug-likeness (QED) is 0.417. The zero-order chi connectivity index (χ0) is 24.4. The van der Waals surface area contributed by atoms with Crippen LogP contribution in [0.1, 0.15) is 30.9 Å². The van der Waals surface area contributed by atoms with Gasteiger partial charge in [0, 0.05) is 42.7 Å². The Balaban J connectivity index is 1.28. The van der Waals surface area contributed by atoms with Gasteiger partial charge in [-0.05, 0) is 75.6 Å². The van der Waals surface area contributed by atoms with Crippen LogP contribution in [0.2, 0.25) is 0 Å². The molecule has 1 amide bonds. The standard InChI is InChI=1S/C28H31N5O2/c1-4-35-23-9-7-22(8-10-23)30-28(34)21-11-14-32(15-12-21)27-26-18-25(31-33(26)16-13-29-27)24-17-19(2)5-6-20(24)3/h5-10,13,16-18,21H,4,11-12,14-15H2,1-3H3,(H,30,34). The zero-order valence-electron chi connectivity index (χ0n) is 20.5. The van der Waals surface area contributed by atoms with Crippen LogP contribution >= 0.6 is 0 Å². The number of nitrogens with one attached hydrogen (secondary N) is 1. The predicted octanol–water partition coefficient (Wildman–Crippen LogP) is 5.27. The van der Waals surface area contributed by atoms with Gasteiger partial charge in [-0.15, -0.1) is 0 Å². The SMILES string of the molecule is CCOc1ccc(NC(=O)C2CCN(c3nccn4nc(-c5cc(C)ccc5C)cc34)CC2)cc1. The smallest absolute Gasteiger partial charge is 0.227 e. The Labute approximate surface area is 205 Å². The van der Waals surface area contributed by atoms with Gasteiger partial charge in [-0.1, -0.05) is 17.7 Å². The maximum atomic E-state index is 12.9. The van der Waals surface area contributed by atoms with Gasteiger partial charge in [0.25, 0.3) is 0 Å². The first kappa shape index (κ1) is 22.9. The molecule has 2 aromatic heterocycles. The van der Waals surface area contributed by atoms with Gasteiger partial charge >= 0.3 is 0 Å². The van der Waals surface area contributed by atoms with E-state index >= 15 is 0 Å². The molecule has 1 saturated heterocycles. The normalized spacial score (nSPS) is 14.3. The van der Waals surface area contributed by atoms with E-state index in [4.69, 9.17) is 14.8 Å². The van der Waals surface area contributed by atoms with Crippen molar-refractivity contribution in [3.63, 3.8) is 0 Å². The van der Waals surface area contributed by atoms with E-state index in [2.05, 4.69) is 48.3 Å². The molecule has 180 valence electrons. The van der Waals surface area contributed by atoms with Gasteiger partial charge in [0.2, 0.25) is 5.91 Å². The number of anilines is 2. The summed E-state index contributed by atoms with van der Waals surface area (Å²) in [5, 5.41) is 7.88. The largest absolute Gasteiger partial charge is 0.494 e. The second-order valence-electron chi connectivity index (χ2n) is 9.14. The Kier molecular flexibility index (Phi) is 6.40. The lowest BCUT2D eigenvalue weighted by atomic mass is 9.95. The fourth-order valence-corrected chi connectivity index (χ4v) is 4.69. The molecule has 0 unspecified atom stereocenters. The molecular formula is C28H31N5O2. The highest BCUT2D eigenvalue weighted by atomic mass is 16.5. The molecule has 0 radical (unpaired) electrons. The second kappa shape index (κ2) is 9.78. The molecule has 4 aromatic rings. The molecule has 1 N–H and O–H groups in total. The van der Waals surface area contributed by atoms with Gasteiger partial charge in [0.1, 0.15) is 11.3 Å². The third-order valence-corrected chi connectivity index (χ3v) is 6.64. The first-order chi connectivity index (χ1) is 17.0. The zero-order valence-corrected chi connectivity index (χ0v) is 20.5. The number of rotatable bonds is 6. The monoisotopic (exact) mass is 469 g/mol. The highest BCUT2D eigenvalue weighted by Crippen LogP contribution is 2.30. The number of hydrogen-bond acceptors (Lipinski definition) is 5. The van der Waals surface area contributed by atoms with Crippen molar-refractivity contribution in [2.45, 2.75) is 33.6 Å². The van der Waals surface area contributed by atoms with Crippen molar-refractivity contribution in [3.05, 3.63) is 72.1 Å². The molecule has 7 heteroatoms.